The molecule has 0 unspecified atom stereocenters. The minimum absolute atomic E-state index is 0.161. The van der Waals surface area contributed by atoms with Gasteiger partial charge in [0.05, 0.1) is 14.2 Å². The molecule has 0 radical (unpaired) electrons. The maximum absolute atomic E-state index is 12.5. The number of ketones is 1. The lowest BCUT2D eigenvalue weighted by Crippen LogP contribution is -2.11. The van der Waals surface area contributed by atoms with E-state index in [0.29, 0.717) is 16.0 Å². The molecule has 0 bridgehead atoms. The summed E-state index contributed by atoms with van der Waals surface area (Å²) < 4.78 is 6.32. The van der Waals surface area contributed by atoms with Crippen molar-refractivity contribution in [3.8, 4) is 0 Å². The highest BCUT2D eigenvalue weighted by atomic mass is 79.9. The third kappa shape index (κ3) is 3.77. The fourth-order valence-corrected chi connectivity index (χ4v) is 3.92. The summed E-state index contributed by atoms with van der Waals surface area (Å²) in [6.45, 7) is 0.183. The summed E-state index contributed by atoms with van der Waals surface area (Å²) in [4.78, 5) is 25.5. The molecule has 0 saturated heterocycles. The van der Waals surface area contributed by atoms with Gasteiger partial charge in [0.25, 0.3) is 0 Å². The SMILES string of the molecule is O=C(OCc1csc(Br)c1)c1ccccc1C(=O)c1cccs1. The smallest absolute Gasteiger partial charge is 0.339 e. The van der Waals surface area contributed by atoms with Crippen molar-refractivity contribution in [3.05, 3.63) is 78.6 Å². The highest BCUT2D eigenvalue weighted by Crippen LogP contribution is 2.22. The largest absolute Gasteiger partial charge is 0.457 e. The molecule has 2 heterocycles. The average Bonchev–Trinajstić information content (AvgIpc) is 3.23. The standard InChI is InChI=1S/C17H11BrO3S2/c18-15-8-11(10-23-15)9-21-17(20)13-5-2-1-4-12(13)16(19)14-6-3-7-22-14/h1-8,10H,9H2. The zero-order valence-electron chi connectivity index (χ0n) is 11.8. The average molecular weight is 407 g/mol. The van der Waals surface area contributed by atoms with E-state index in [9.17, 15) is 9.59 Å². The Kier molecular flexibility index (Phi) is 5.05. The second-order valence-corrected chi connectivity index (χ2v) is 7.93. The zero-order chi connectivity index (χ0) is 16.2. The second kappa shape index (κ2) is 7.21. The summed E-state index contributed by atoms with van der Waals surface area (Å²) in [5.41, 5.74) is 1.57. The molecule has 0 fully saturated rings. The first-order valence-electron chi connectivity index (χ1n) is 6.72. The maximum Gasteiger partial charge on any atom is 0.339 e. The van der Waals surface area contributed by atoms with E-state index in [1.54, 1.807) is 30.3 Å². The van der Waals surface area contributed by atoms with Crippen LogP contribution in [0, 0.1) is 0 Å². The van der Waals surface area contributed by atoms with Gasteiger partial charge in [-0.3, -0.25) is 4.79 Å². The molecular weight excluding hydrogens is 396 g/mol. The molecule has 116 valence electrons. The Bertz CT molecular complexity index is 837. The van der Waals surface area contributed by atoms with Crippen molar-refractivity contribution < 1.29 is 14.3 Å². The van der Waals surface area contributed by atoms with Gasteiger partial charge < -0.3 is 4.74 Å². The predicted octanol–water partition coefficient (Wildman–Crippen LogP) is 5.16. The summed E-state index contributed by atoms with van der Waals surface area (Å²) in [6, 6.07) is 12.2. The van der Waals surface area contributed by atoms with Gasteiger partial charge in [0.1, 0.15) is 6.61 Å². The van der Waals surface area contributed by atoms with Gasteiger partial charge >= 0.3 is 5.97 Å². The molecule has 1 aromatic carbocycles. The monoisotopic (exact) mass is 406 g/mol. The molecule has 0 amide bonds. The summed E-state index contributed by atoms with van der Waals surface area (Å²) in [5, 5.41) is 3.75. The Balaban J connectivity index is 1.79. The van der Waals surface area contributed by atoms with Crippen LogP contribution >= 0.6 is 38.6 Å². The van der Waals surface area contributed by atoms with Crippen molar-refractivity contribution in [1.29, 1.82) is 0 Å². The lowest BCUT2D eigenvalue weighted by molar-refractivity contribution is 0.0470. The number of carbonyl (C=O) groups is 2. The van der Waals surface area contributed by atoms with E-state index in [0.717, 1.165) is 9.35 Å². The van der Waals surface area contributed by atoms with E-state index in [1.165, 1.54) is 22.7 Å². The number of esters is 1. The first kappa shape index (κ1) is 16.1. The molecule has 0 aliphatic heterocycles. The normalized spacial score (nSPS) is 10.5. The number of carbonyl (C=O) groups excluding carboxylic acids is 2. The first-order valence-corrected chi connectivity index (χ1v) is 9.27. The first-order chi connectivity index (χ1) is 11.1. The van der Waals surface area contributed by atoms with E-state index < -0.39 is 5.97 Å². The lowest BCUT2D eigenvalue weighted by atomic mass is 10.0. The zero-order valence-corrected chi connectivity index (χ0v) is 15.0. The number of ether oxygens (including phenoxy) is 1. The molecule has 2 aromatic heterocycles. The van der Waals surface area contributed by atoms with Gasteiger partial charge in [0, 0.05) is 11.1 Å². The molecule has 3 nitrogen and oxygen atoms in total. The van der Waals surface area contributed by atoms with Gasteiger partial charge in [-0.2, -0.15) is 0 Å². The molecule has 0 aliphatic rings. The number of benzene rings is 1. The van der Waals surface area contributed by atoms with Crippen molar-refractivity contribution in [3.63, 3.8) is 0 Å². The topological polar surface area (TPSA) is 43.4 Å². The summed E-state index contributed by atoms with van der Waals surface area (Å²) in [6.07, 6.45) is 0. The van der Waals surface area contributed by atoms with Crippen molar-refractivity contribution in [2.24, 2.45) is 0 Å². The minimum Gasteiger partial charge on any atom is -0.457 e. The minimum atomic E-state index is -0.493. The molecule has 23 heavy (non-hydrogen) atoms. The molecule has 0 aliphatic carbocycles. The summed E-state index contributed by atoms with van der Waals surface area (Å²) >= 11 is 6.26. The Labute approximate surface area is 149 Å². The molecule has 6 heteroatoms. The van der Waals surface area contributed by atoms with Gasteiger partial charge in [0.15, 0.2) is 0 Å². The van der Waals surface area contributed by atoms with Crippen LogP contribution in [0.2, 0.25) is 0 Å². The summed E-state index contributed by atoms with van der Waals surface area (Å²) in [7, 11) is 0. The highest BCUT2D eigenvalue weighted by Gasteiger charge is 2.19. The Morgan fingerprint density at radius 2 is 1.83 bits per heavy atom. The Morgan fingerprint density at radius 3 is 2.48 bits per heavy atom. The Hall–Kier alpha value is -1.76. The third-order valence-corrected chi connectivity index (χ3v) is 5.55. The van der Waals surface area contributed by atoms with Crippen LogP contribution in [-0.4, -0.2) is 11.8 Å². The van der Waals surface area contributed by atoms with Crippen molar-refractivity contribution in [1.82, 2.24) is 0 Å². The van der Waals surface area contributed by atoms with Crippen LogP contribution < -0.4 is 0 Å². The highest BCUT2D eigenvalue weighted by molar-refractivity contribution is 9.11. The van der Waals surface area contributed by atoms with Crippen LogP contribution in [0.25, 0.3) is 0 Å². The molecular formula is C17H11BrO3S2. The maximum atomic E-state index is 12.5. The van der Waals surface area contributed by atoms with Crippen molar-refractivity contribution in [2.45, 2.75) is 6.61 Å². The van der Waals surface area contributed by atoms with Crippen LogP contribution in [0.5, 0.6) is 0 Å². The molecule has 0 spiro atoms. The van der Waals surface area contributed by atoms with E-state index >= 15 is 0 Å². The van der Waals surface area contributed by atoms with Crippen molar-refractivity contribution in [2.75, 3.05) is 0 Å². The van der Waals surface area contributed by atoms with Gasteiger partial charge in [0.2, 0.25) is 5.78 Å². The second-order valence-electron chi connectivity index (χ2n) is 4.69. The number of thiophene rings is 2. The van der Waals surface area contributed by atoms with Crippen LogP contribution in [0.1, 0.15) is 31.2 Å². The molecule has 3 rings (SSSR count). The Morgan fingerprint density at radius 1 is 1.04 bits per heavy atom. The fourth-order valence-electron chi connectivity index (χ4n) is 2.05. The number of halogens is 1. The number of hydrogen-bond acceptors (Lipinski definition) is 5. The molecule has 0 N–H and O–H groups in total. The lowest BCUT2D eigenvalue weighted by Gasteiger charge is -2.08. The van der Waals surface area contributed by atoms with E-state index in [4.69, 9.17) is 4.74 Å². The summed E-state index contributed by atoms with van der Waals surface area (Å²) in [5.74, 6) is -0.654. The molecule has 0 saturated carbocycles. The van der Waals surface area contributed by atoms with Gasteiger partial charge in [-0.1, -0.05) is 24.3 Å². The van der Waals surface area contributed by atoms with Crippen LogP contribution in [-0.2, 0) is 11.3 Å². The van der Waals surface area contributed by atoms with Gasteiger partial charge in [-0.15, -0.1) is 22.7 Å². The van der Waals surface area contributed by atoms with E-state index in [1.807, 2.05) is 22.9 Å². The van der Waals surface area contributed by atoms with E-state index in [-0.39, 0.29) is 12.4 Å². The van der Waals surface area contributed by atoms with E-state index in [2.05, 4.69) is 15.9 Å². The van der Waals surface area contributed by atoms with Crippen LogP contribution in [0.4, 0.5) is 0 Å². The van der Waals surface area contributed by atoms with Crippen LogP contribution in [0.3, 0.4) is 0 Å². The molecule has 0 atom stereocenters. The fraction of sp³-hybridized carbons (Fsp3) is 0.0588. The number of rotatable bonds is 5. The third-order valence-electron chi connectivity index (χ3n) is 3.13. The molecule has 3 aromatic rings. The van der Waals surface area contributed by atoms with Crippen LogP contribution in [0.15, 0.2) is 57.0 Å². The van der Waals surface area contributed by atoms with Gasteiger partial charge in [-0.25, -0.2) is 4.79 Å². The quantitative estimate of drug-likeness (QED) is 0.434. The predicted molar refractivity (Wildman–Crippen MR) is 95.3 cm³/mol. The number of hydrogen-bond donors (Lipinski definition) is 0. The van der Waals surface area contributed by atoms with Gasteiger partial charge in [-0.05, 0) is 44.9 Å². The van der Waals surface area contributed by atoms with Crippen molar-refractivity contribution >= 4 is 50.4 Å².